The summed E-state index contributed by atoms with van der Waals surface area (Å²) in [4.78, 5) is 12.0. The lowest BCUT2D eigenvalue weighted by atomic mass is 9.92. The van der Waals surface area contributed by atoms with Crippen LogP contribution in [0.15, 0.2) is 0 Å². The number of nitrogens with one attached hydrogen (secondary N) is 2. The molecule has 0 aromatic carbocycles. The van der Waals surface area contributed by atoms with Crippen LogP contribution in [0.5, 0.6) is 0 Å². The van der Waals surface area contributed by atoms with Crippen molar-refractivity contribution < 1.29 is 4.79 Å². The van der Waals surface area contributed by atoms with E-state index in [1.54, 1.807) is 0 Å². The molecule has 1 heterocycles. The number of rotatable bonds is 4. The first-order valence-corrected chi connectivity index (χ1v) is 6.70. The Kier molecular flexibility index (Phi) is 3.85. The summed E-state index contributed by atoms with van der Waals surface area (Å²) in [5, 5.41) is 6.48. The Balaban J connectivity index is 1.76. The van der Waals surface area contributed by atoms with E-state index in [2.05, 4.69) is 24.5 Å². The summed E-state index contributed by atoms with van der Waals surface area (Å²) < 4.78 is 0. The van der Waals surface area contributed by atoms with E-state index in [1.165, 1.54) is 25.7 Å². The predicted octanol–water partition coefficient (Wildman–Crippen LogP) is 1.68. The summed E-state index contributed by atoms with van der Waals surface area (Å²) in [5.74, 6) is 1.56. The fourth-order valence-corrected chi connectivity index (χ4v) is 2.65. The molecule has 16 heavy (non-hydrogen) atoms. The molecule has 2 fully saturated rings. The van der Waals surface area contributed by atoms with Crippen molar-refractivity contribution in [2.24, 2.45) is 11.8 Å². The first-order chi connectivity index (χ1) is 7.66. The molecule has 3 nitrogen and oxygen atoms in total. The van der Waals surface area contributed by atoms with Gasteiger partial charge in [-0.2, -0.15) is 0 Å². The van der Waals surface area contributed by atoms with E-state index in [0.717, 1.165) is 18.9 Å². The van der Waals surface area contributed by atoms with Gasteiger partial charge in [0.25, 0.3) is 0 Å². The topological polar surface area (TPSA) is 41.1 Å². The van der Waals surface area contributed by atoms with Crippen molar-refractivity contribution in [1.82, 2.24) is 10.6 Å². The summed E-state index contributed by atoms with van der Waals surface area (Å²) in [6.07, 6.45) is 6.24. The van der Waals surface area contributed by atoms with Gasteiger partial charge < -0.3 is 10.6 Å². The zero-order valence-corrected chi connectivity index (χ0v) is 10.5. The average Bonchev–Trinajstić information content (AvgIpc) is 3.01. The van der Waals surface area contributed by atoms with E-state index >= 15 is 0 Å². The Bertz CT molecular complexity index is 250. The third-order valence-corrected chi connectivity index (χ3v) is 3.82. The molecule has 1 aliphatic heterocycles. The van der Waals surface area contributed by atoms with Crippen LogP contribution in [0.1, 0.15) is 46.0 Å². The molecule has 2 aliphatic rings. The zero-order chi connectivity index (χ0) is 11.5. The molecule has 1 saturated carbocycles. The Labute approximate surface area is 98.4 Å². The lowest BCUT2D eigenvalue weighted by Gasteiger charge is -2.30. The number of piperidine rings is 1. The van der Waals surface area contributed by atoms with Gasteiger partial charge in [-0.3, -0.25) is 4.79 Å². The van der Waals surface area contributed by atoms with Crippen LogP contribution in [0.25, 0.3) is 0 Å². The highest BCUT2D eigenvalue weighted by Crippen LogP contribution is 2.33. The van der Waals surface area contributed by atoms with Gasteiger partial charge in [0.1, 0.15) is 0 Å². The van der Waals surface area contributed by atoms with Crippen molar-refractivity contribution in [3.8, 4) is 0 Å². The number of carbonyl (C=O) groups is 1. The second-order valence-electron chi connectivity index (χ2n) is 5.64. The van der Waals surface area contributed by atoms with Crippen molar-refractivity contribution in [2.75, 3.05) is 6.54 Å². The molecule has 3 unspecified atom stereocenters. The second-order valence-corrected chi connectivity index (χ2v) is 5.64. The fraction of sp³-hybridized carbons (Fsp3) is 0.923. The maximum atomic E-state index is 12.0. The second kappa shape index (κ2) is 5.17. The summed E-state index contributed by atoms with van der Waals surface area (Å²) >= 11 is 0. The van der Waals surface area contributed by atoms with Crippen molar-refractivity contribution in [1.29, 1.82) is 0 Å². The van der Waals surface area contributed by atoms with Crippen LogP contribution in [0.4, 0.5) is 0 Å². The minimum absolute atomic E-state index is 0.0374. The van der Waals surface area contributed by atoms with Gasteiger partial charge in [-0.05, 0) is 44.6 Å². The van der Waals surface area contributed by atoms with Crippen LogP contribution in [-0.2, 0) is 4.79 Å². The van der Waals surface area contributed by atoms with Gasteiger partial charge in [-0.25, -0.2) is 0 Å². The molecule has 0 bridgehead atoms. The van der Waals surface area contributed by atoms with Crippen molar-refractivity contribution in [3.63, 3.8) is 0 Å². The molecule has 0 radical (unpaired) electrons. The molecule has 2 rings (SSSR count). The molecule has 1 aliphatic carbocycles. The molecule has 0 aromatic heterocycles. The summed E-state index contributed by atoms with van der Waals surface area (Å²) in [5.41, 5.74) is 0. The largest absolute Gasteiger partial charge is 0.352 e. The van der Waals surface area contributed by atoms with E-state index in [0.29, 0.717) is 12.0 Å². The highest BCUT2D eigenvalue weighted by molar-refractivity contribution is 5.82. The Morgan fingerprint density at radius 1 is 1.44 bits per heavy atom. The monoisotopic (exact) mass is 224 g/mol. The predicted molar refractivity (Wildman–Crippen MR) is 65.1 cm³/mol. The van der Waals surface area contributed by atoms with Gasteiger partial charge in [0.15, 0.2) is 0 Å². The highest BCUT2D eigenvalue weighted by atomic mass is 16.2. The Morgan fingerprint density at radius 2 is 2.19 bits per heavy atom. The van der Waals surface area contributed by atoms with E-state index < -0.39 is 0 Å². The average molecular weight is 224 g/mol. The van der Waals surface area contributed by atoms with Crippen molar-refractivity contribution in [3.05, 3.63) is 0 Å². The molecule has 92 valence electrons. The van der Waals surface area contributed by atoms with E-state index in [4.69, 9.17) is 0 Å². The number of amides is 1. The summed E-state index contributed by atoms with van der Waals surface area (Å²) in [6.45, 7) is 5.28. The molecular formula is C13H24N2O. The van der Waals surface area contributed by atoms with Crippen LogP contribution in [0.3, 0.4) is 0 Å². The number of carbonyl (C=O) groups excluding carboxylic acids is 1. The quantitative estimate of drug-likeness (QED) is 0.763. The van der Waals surface area contributed by atoms with Crippen molar-refractivity contribution >= 4 is 5.91 Å². The maximum Gasteiger partial charge on any atom is 0.237 e. The maximum absolute atomic E-state index is 12.0. The summed E-state index contributed by atoms with van der Waals surface area (Å²) in [6, 6.07) is 0.381. The Hall–Kier alpha value is -0.570. The molecule has 1 amide bonds. The van der Waals surface area contributed by atoms with Gasteiger partial charge >= 0.3 is 0 Å². The van der Waals surface area contributed by atoms with Crippen LogP contribution in [0.2, 0.25) is 0 Å². The molecule has 3 atom stereocenters. The van der Waals surface area contributed by atoms with E-state index in [-0.39, 0.29) is 11.9 Å². The zero-order valence-electron chi connectivity index (χ0n) is 10.5. The van der Waals surface area contributed by atoms with Gasteiger partial charge in [0, 0.05) is 6.04 Å². The first kappa shape index (κ1) is 11.9. The van der Waals surface area contributed by atoms with Gasteiger partial charge in [-0.15, -0.1) is 0 Å². The summed E-state index contributed by atoms with van der Waals surface area (Å²) in [7, 11) is 0. The first-order valence-electron chi connectivity index (χ1n) is 6.70. The Morgan fingerprint density at radius 3 is 2.81 bits per heavy atom. The van der Waals surface area contributed by atoms with Gasteiger partial charge in [0.05, 0.1) is 6.04 Å². The van der Waals surface area contributed by atoms with E-state index in [9.17, 15) is 4.79 Å². The van der Waals surface area contributed by atoms with Crippen LogP contribution in [0, 0.1) is 11.8 Å². The van der Waals surface area contributed by atoms with Gasteiger partial charge in [-0.1, -0.05) is 19.8 Å². The lowest BCUT2D eigenvalue weighted by Crippen LogP contribution is -2.52. The SMILES string of the molecule is CC(CC1CC1)NC(=O)C1NCCCC1C. The molecule has 3 heteroatoms. The van der Waals surface area contributed by atoms with E-state index in [1.807, 2.05) is 0 Å². The number of hydrogen-bond acceptors (Lipinski definition) is 2. The molecule has 0 aromatic rings. The standard InChI is InChI=1S/C13H24N2O/c1-9-4-3-7-14-12(9)13(16)15-10(2)8-11-5-6-11/h9-12,14H,3-8H2,1-2H3,(H,15,16). The number of hydrogen-bond donors (Lipinski definition) is 2. The molecule has 1 saturated heterocycles. The minimum atomic E-state index is 0.0374. The molecule has 0 spiro atoms. The molecule has 2 N–H and O–H groups in total. The van der Waals surface area contributed by atoms with Crippen LogP contribution < -0.4 is 10.6 Å². The molecular weight excluding hydrogens is 200 g/mol. The van der Waals surface area contributed by atoms with Crippen LogP contribution in [-0.4, -0.2) is 24.5 Å². The third kappa shape index (κ3) is 3.21. The minimum Gasteiger partial charge on any atom is -0.352 e. The fourth-order valence-electron chi connectivity index (χ4n) is 2.65. The lowest BCUT2D eigenvalue weighted by molar-refractivity contribution is -0.125. The third-order valence-electron chi connectivity index (χ3n) is 3.82. The smallest absolute Gasteiger partial charge is 0.237 e. The highest BCUT2D eigenvalue weighted by Gasteiger charge is 2.29. The van der Waals surface area contributed by atoms with Crippen molar-refractivity contribution in [2.45, 2.75) is 58.0 Å². The normalized spacial score (nSPS) is 32.1. The van der Waals surface area contributed by atoms with Crippen LogP contribution >= 0.6 is 0 Å². The van der Waals surface area contributed by atoms with Gasteiger partial charge in [0.2, 0.25) is 5.91 Å².